The predicted octanol–water partition coefficient (Wildman–Crippen LogP) is 1.51. The van der Waals surface area contributed by atoms with Crippen molar-refractivity contribution in [3.8, 4) is 0 Å². The van der Waals surface area contributed by atoms with Crippen LogP contribution < -0.4 is 5.32 Å². The molecule has 0 saturated heterocycles. The zero-order valence-corrected chi connectivity index (χ0v) is 6.91. The molecule has 2 nitrogen and oxygen atoms in total. The molecule has 0 rings (SSSR count). The summed E-state index contributed by atoms with van der Waals surface area (Å²) < 4.78 is 11.3. The first-order valence-corrected chi connectivity index (χ1v) is 3.64. The van der Waals surface area contributed by atoms with Gasteiger partial charge in [-0.1, -0.05) is 20.8 Å². The van der Waals surface area contributed by atoms with E-state index in [1.54, 1.807) is 6.92 Å². The van der Waals surface area contributed by atoms with Gasteiger partial charge < -0.3 is 5.32 Å². The van der Waals surface area contributed by atoms with Crippen LogP contribution in [0.5, 0.6) is 0 Å². The summed E-state index contributed by atoms with van der Waals surface area (Å²) in [4.78, 5) is 10.3. The van der Waals surface area contributed by atoms with Crippen LogP contribution in [0.15, 0.2) is 0 Å². The van der Waals surface area contributed by atoms with Crippen LogP contribution in [0.1, 0.15) is 27.2 Å². The van der Waals surface area contributed by atoms with Crippen molar-refractivity contribution in [2.45, 2.75) is 27.2 Å². The molecule has 0 fully saturated rings. The molecule has 0 aromatic rings. The number of nitrogens with one attached hydrogen (secondary N) is 1. The van der Waals surface area contributed by atoms with E-state index in [9.17, 15) is 9.18 Å². The van der Waals surface area contributed by atoms with Crippen molar-refractivity contribution in [2.24, 2.45) is 0 Å². The minimum atomic E-state index is -0.480. The highest BCUT2D eigenvalue weighted by Gasteiger charge is 1.91. The maximum Gasteiger partial charge on any atom is 0.219 e. The van der Waals surface area contributed by atoms with Crippen molar-refractivity contribution in [1.29, 1.82) is 0 Å². The van der Waals surface area contributed by atoms with Crippen LogP contribution >= 0.6 is 0 Å². The molecular weight excluding hydrogens is 133 g/mol. The molecule has 0 bridgehead atoms. The average molecular weight is 149 g/mol. The predicted molar refractivity (Wildman–Crippen MR) is 40.6 cm³/mol. The molecule has 0 aliphatic rings. The minimum absolute atomic E-state index is 0.0948. The van der Waals surface area contributed by atoms with Crippen LogP contribution in [-0.2, 0) is 4.79 Å². The Kier molecular flexibility index (Phi) is 13.6. The van der Waals surface area contributed by atoms with Gasteiger partial charge in [-0.25, -0.2) is 4.39 Å². The van der Waals surface area contributed by atoms with Crippen LogP contribution in [-0.4, -0.2) is 19.1 Å². The summed E-state index contributed by atoms with van der Waals surface area (Å²) in [5.41, 5.74) is 0. The number of carbonyl (C=O) groups is 1. The quantitative estimate of drug-likeness (QED) is 0.647. The molecular formula is C7H16FNO. The smallest absolute Gasteiger partial charge is 0.219 e. The molecule has 62 valence electrons. The highest BCUT2D eigenvalue weighted by atomic mass is 19.1. The lowest BCUT2D eigenvalue weighted by Crippen LogP contribution is -2.24. The highest BCUT2D eigenvalue weighted by molar-refractivity contribution is 5.75. The molecule has 0 spiro atoms. The van der Waals surface area contributed by atoms with E-state index in [-0.39, 0.29) is 12.5 Å². The van der Waals surface area contributed by atoms with Crippen molar-refractivity contribution in [1.82, 2.24) is 5.32 Å². The summed E-state index contributed by atoms with van der Waals surface area (Å²) in [6.45, 7) is 5.39. The second-order valence-corrected chi connectivity index (χ2v) is 1.39. The van der Waals surface area contributed by atoms with E-state index >= 15 is 0 Å². The van der Waals surface area contributed by atoms with Gasteiger partial charge in [0.25, 0.3) is 0 Å². The van der Waals surface area contributed by atoms with E-state index < -0.39 is 6.67 Å². The number of amides is 1. The van der Waals surface area contributed by atoms with Gasteiger partial charge in [-0.05, 0) is 0 Å². The molecule has 0 radical (unpaired) electrons. The first-order valence-electron chi connectivity index (χ1n) is 3.64. The Morgan fingerprint density at radius 1 is 1.50 bits per heavy atom. The molecule has 0 aliphatic heterocycles. The first kappa shape index (κ1) is 12.1. The third-order valence-electron chi connectivity index (χ3n) is 0.738. The van der Waals surface area contributed by atoms with Crippen LogP contribution in [0.4, 0.5) is 4.39 Å². The van der Waals surface area contributed by atoms with E-state index in [1.807, 2.05) is 13.8 Å². The van der Waals surface area contributed by atoms with Crippen molar-refractivity contribution >= 4 is 5.91 Å². The Morgan fingerprint density at radius 3 is 2.30 bits per heavy atom. The monoisotopic (exact) mass is 149 g/mol. The number of alkyl halides is 1. The molecule has 0 aliphatic carbocycles. The van der Waals surface area contributed by atoms with Gasteiger partial charge >= 0.3 is 0 Å². The number of carbonyl (C=O) groups excluding carboxylic acids is 1. The van der Waals surface area contributed by atoms with Crippen molar-refractivity contribution < 1.29 is 9.18 Å². The number of hydrogen-bond acceptors (Lipinski definition) is 1. The zero-order chi connectivity index (χ0) is 8.41. The summed E-state index contributed by atoms with van der Waals surface area (Å²) in [6.07, 6.45) is 0.431. The minimum Gasteiger partial charge on any atom is -0.353 e. The van der Waals surface area contributed by atoms with Crippen LogP contribution in [0.25, 0.3) is 0 Å². The standard InChI is InChI=1S/C5H10FNO.C2H6/c1-2-5(8)7-4-3-6;1-2/h2-4H2,1H3,(H,7,8);1-2H3. The first-order chi connectivity index (χ1) is 4.81. The summed E-state index contributed by atoms with van der Waals surface area (Å²) in [7, 11) is 0. The van der Waals surface area contributed by atoms with Gasteiger partial charge in [0.2, 0.25) is 5.91 Å². The summed E-state index contributed by atoms with van der Waals surface area (Å²) in [6, 6.07) is 0. The van der Waals surface area contributed by atoms with Gasteiger partial charge in [0, 0.05) is 13.0 Å². The maximum atomic E-state index is 11.3. The molecule has 0 saturated carbocycles. The van der Waals surface area contributed by atoms with Crippen molar-refractivity contribution in [2.75, 3.05) is 13.2 Å². The fourth-order valence-corrected chi connectivity index (χ4v) is 0.312. The molecule has 0 atom stereocenters. The van der Waals surface area contributed by atoms with Crippen molar-refractivity contribution in [3.05, 3.63) is 0 Å². The Balaban J connectivity index is 0. The molecule has 1 N–H and O–H groups in total. The average Bonchev–Trinajstić information content (AvgIpc) is 2.04. The van der Waals surface area contributed by atoms with E-state index in [0.717, 1.165) is 0 Å². The topological polar surface area (TPSA) is 29.1 Å². The van der Waals surface area contributed by atoms with Crippen LogP contribution in [0.3, 0.4) is 0 Å². The normalized spacial score (nSPS) is 7.60. The molecule has 0 unspecified atom stereocenters. The van der Waals surface area contributed by atoms with Gasteiger partial charge in [0.15, 0.2) is 0 Å². The SMILES string of the molecule is CC.CCC(=O)NCCF. The molecule has 1 amide bonds. The largest absolute Gasteiger partial charge is 0.353 e. The van der Waals surface area contributed by atoms with Crippen molar-refractivity contribution in [3.63, 3.8) is 0 Å². The van der Waals surface area contributed by atoms with Gasteiger partial charge in [-0.2, -0.15) is 0 Å². The maximum absolute atomic E-state index is 11.3. The van der Waals surface area contributed by atoms with Crippen LogP contribution in [0, 0.1) is 0 Å². The lowest BCUT2D eigenvalue weighted by atomic mass is 10.4. The van der Waals surface area contributed by atoms with Crippen LogP contribution in [0.2, 0.25) is 0 Å². The Labute approximate surface area is 61.8 Å². The third kappa shape index (κ3) is 10.4. The molecule has 10 heavy (non-hydrogen) atoms. The Bertz CT molecular complexity index is 76.0. The second-order valence-electron chi connectivity index (χ2n) is 1.39. The lowest BCUT2D eigenvalue weighted by molar-refractivity contribution is -0.120. The lowest BCUT2D eigenvalue weighted by Gasteiger charge is -1.95. The summed E-state index contributed by atoms with van der Waals surface area (Å²) in [5.74, 6) is -0.0948. The molecule has 0 heterocycles. The Morgan fingerprint density at radius 2 is 2.00 bits per heavy atom. The zero-order valence-electron chi connectivity index (χ0n) is 6.91. The number of halogens is 1. The fourth-order valence-electron chi connectivity index (χ4n) is 0.312. The van der Waals surface area contributed by atoms with E-state index in [4.69, 9.17) is 0 Å². The molecule has 3 heteroatoms. The molecule has 0 aromatic carbocycles. The second kappa shape index (κ2) is 11.2. The number of rotatable bonds is 3. The van der Waals surface area contributed by atoms with E-state index in [1.165, 1.54) is 0 Å². The van der Waals surface area contributed by atoms with Gasteiger partial charge in [0.1, 0.15) is 6.67 Å². The molecule has 0 aromatic heterocycles. The summed E-state index contributed by atoms with van der Waals surface area (Å²) in [5, 5.41) is 2.37. The number of hydrogen-bond donors (Lipinski definition) is 1. The fraction of sp³-hybridized carbons (Fsp3) is 0.857. The van der Waals surface area contributed by atoms with E-state index in [2.05, 4.69) is 5.32 Å². The van der Waals surface area contributed by atoms with Gasteiger partial charge in [-0.15, -0.1) is 0 Å². The van der Waals surface area contributed by atoms with E-state index in [0.29, 0.717) is 6.42 Å². The van der Waals surface area contributed by atoms with Gasteiger partial charge in [0.05, 0.1) is 0 Å². The highest BCUT2D eigenvalue weighted by Crippen LogP contribution is 1.73. The Hall–Kier alpha value is -0.600. The third-order valence-corrected chi connectivity index (χ3v) is 0.738. The van der Waals surface area contributed by atoms with Gasteiger partial charge in [-0.3, -0.25) is 4.79 Å². The summed E-state index contributed by atoms with van der Waals surface area (Å²) >= 11 is 0.